The van der Waals surface area contributed by atoms with E-state index in [2.05, 4.69) is 15.9 Å². The summed E-state index contributed by atoms with van der Waals surface area (Å²) in [6, 6.07) is 3.51. The molecule has 0 bridgehead atoms. The lowest BCUT2D eigenvalue weighted by Crippen LogP contribution is -2.39. The highest BCUT2D eigenvalue weighted by molar-refractivity contribution is 9.10. The van der Waals surface area contributed by atoms with Crippen LogP contribution in [0.25, 0.3) is 6.08 Å². The minimum atomic E-state index is -0.775. The topological polar surface area (TPSA) is 70.8 Å². The monoisotopic (exact) mass is 327 g/mol. The van der Waals surface area contributed by atoms with E-state index >= 15 is 0 Å². The Bertz CT molecular complexity index is 500. The number of carbonyl (C=O) groups excluding carboxylic acids is 1. The van der Waals surface area contributed by atoms with Crippen molar-refractivity contribution in [3.63, 3.8) is 0 Å². The van der Waals surface area contributed by atoms with Crippen LogP contribution in [0.5, 0.6) is 0 Å². The average molecular weight is 328 g/mol. The van der Waals surface area contributed by atoms with E-state index in [9.17, 15) is 9.59 Å². The summed E-state index contributed by atoms with van der Waals surface area (Å²) in [6.45, 7) is 0.976. The summed E-state index contributed by atoms with van der Waals surface area (Å²) in [5, 5.41) is 8.88. The zero-order chi connectivity index (χ0) is 13.8. The second-order valence-electron chi connectivity index (χ2n) is 4.41. The lowest BCUT2D eigenvalue weighted by molar-refractivity contribution is -0.144. The first kappa shape index (κ1) is 13.9. The Morgan fingerprint density at radius 1 is 1.37 bits per heavy atom. The zero-order valence-corrected chi connectivity index (χ0v) is 11.8. The molecule has 1 aromatic rings. The molecule has 0 saturated carbocycles. The van der Waals surface area contributed by atoms with Crippen molar-refractivity contribution >= 4 is 33.9 Å². The summed E-state index contributed by atoms with van der Waals surface area (Å²) < 4.78 is 5.86. The predicted molar refractivity (Wildman–Crippen MR) is 72.4 cm³/mol. The second-order valence-corrected chi connectivity index (χ2v) is 5.19. The maximum atomic E-state index is 11.9. The van der Waals surface area contributed by atoms with E-state index in [1.165, 1.54) is 6.08 Å². The molecule has 0 aromatic carbocycles. The van der Waals surface area contributed by atoms with Gasteiger partial charge >= 0.3 is 5.97 Å². The lowest BCUT2D eigenvalue weighted by atomic mass is 9.97. The molecule has 1 aliphatic heterocycles. The van der Waals surface area contributed by atoms with E-state index in [1.807, 2.05) is 0 Å². The molecule has 2 heterocycles. The van der Waals surface area contributed by atoms with E-state index in [4.69, 9.17) is 9.52 Å². The highest BCUT2D eigenvalue weighted by Gasteiger charge is 2.25. The van der Waals surface area contributed by atoms with Crippen LogP contribution in [0, 0.1) is 5.92 Å². The molecule has 0 atom stereocenters. The Morgan fingerprint density at radius 2 is 2.05 bits per heavy atom. The molecule has 2 rings (SSSR count). The van der Waals surface area contributed by atoms with Crippen LogP contribution >= 0.6 is 15.9 Å². The van der Waals surface area contributed by atoms with Gasteiger partial charge in [-0.3, -0.25) is 9.59 Å². The van der Waals surface area contributed by atoms with Gasteiger partial charge in [0.15, 0.2) is 4.67 Å². The molecule has 0 unspecified atom stereocenters. The van der Waals surface area contributed by atoms with Gasteiger partial charge in [-0.1, -0.05) is 0 Å². The summed E-state index contributed by atoms with van der Waals surface area (Å²) in [5.41, 5.74) is 0. The molecule has 0 radical (unpaired) electrons. The Balaban J connectivity index is 1.88. The van der Waals surface area contributed by atoms with Crippen molar-refractivity contribution in [2.75, 3.05) is 13.1 Å². The third-order valence-corrected chi connectivity index (χ3v) is 3.57. The number of halogens is 1. The fourth-order valence-corrected chi connectivity index (χ4v) is 2.34. The quantitative estimate of drug-likeness (QED) is 0.865. The van der Waals surface area contributed by atoms with Gasteiger partial charge in [0.1, 0.15) is 5.76 Å². The van der Waals surface area contributed by atoms with Crippen LogP contribution in [0.1, 0.15) is 18.6 Å². The van der Waals surface area contributed by atoms with Crippen molar-refractivity contribution in [1.29, 1.82) is 0 Å². The molecule has 1 saturated heterocycles. The van der Waals surface area contributed by atoms with Crippen molar-refractivity contribution in [2.24, 2.45) is 5.92 Å². The largest absolute Gasteiger partial charge is 0.481 e. The minimum absolute atomic E-state index is 0.114. The van der Waals surface area contributed by atoms with Crippen molar-refractivity contribution in [2.45, 2.75) is 12.8 Å². The number of nitrogens with zero attached hydrogens (tertiary/aromatic N) is 1. The van der Waals surface area contributed by atoms with Gasteiger partial charge in [-0.25, -0.2) is 0 Å². The second kappa shape index (κ2) is 6.06. The number of piperidine rings is 1. The highest BCUT2D eigenvalue weighted by atomic mass is 79.9. The van der Waals surface area contributed by atoms with E-state index in [1.54, 1.807) is 23.1 Å². The molecule has 1 fully saturated rings. The average Bonchev–Trinajstić information content (AvgIpc) is 2.82. The first-order chi connectivity index (χ1) is 9.06. The minimum Gasteiger partial charge on any atom is -0.481 e. The van der Waals surface area contributed by atoms with Gasteiger partial charge in [0.25, 0.3) is 0 Å². The molecule has 1 amide bonds. The van der Waals surface area contributed by atoms with Crippen molar-refractivity contribution in [3.8, 4) is 0 Å². The number of carboxylic acids is 1. The summed E-state index contributed by atoms with van der Waals surface area (Å²) in [6.07, 6.45) is 4.09. The Labute approximate surface area is 119 Å². The van der Waals surface area contributed by atoms with Gasteiger partial charge in [0.2, 0.25) is 5.91 Å². The molecule has 1 aliphatic rings. The van der Waals surface area contributed by atoms with Crippen LogP contribution in [-0.2, 0) is 9.59 Å². The molecule has 1 aromatic heterocycles. The van der Waals surface area contributed by atoms with Crippen molar-refractivity contribution in [3.05, 3.63) is 28.6 Å². The number of hydrogen-bond donors (Lipinski definition) is 1. The predicted octanol–water partition coefficient (Wildman–Crippen LogP) is 2.38. The molecule has 0 aliphatic carbocycles. The molecule has 5 nitrogen and oxygen atoms in total. The Kier molecular flexibility index (Phi) is 4.42. The van der Waals surface area contributed by atoms with Gasteiger partial charge < -0.3 is 14.4 Å². The number of furan rings is 1. The van der Waals surface area contributed by atoms with Crippen LogP contribution in [0.3, 0.4) is 0 Å². The van der Waals surface area contributed by atoms with E-state index in [-0.39, 0.29) is 11.8 Å². The number of carbonyl (C=O) groups is 2. The van der Waals surface area contributed by atoms with Crippen LogP contribution in [-0.4, -0.2) is 35.0 Å². The number of hydrogen-bond acceptors (Lipinski definition) is 3. The molecule has 102 valence electrons. The van der Waals surface area contributed by atoms with Gasteiger partial charge in [-0.05, 0) is 47.0 Å². The number of aliphatic carboxylic acids is 1. The summed E-state index contributed by atoms with van der Waals surface area (Å²) in [5.74, 6) is -0.617. The van der Waals surface area contributed by atoms with E-state index in [0.717, 1.165) is 0 Å². The third kappa shape index (κ3) is 3.70. The lowest BCUT2D eigenvalue weighted by Gasteiger charge is -2.29. The van der Waals surface area contributed by atoms with Crippen LogP contribution in [0.4, 0.5) is 0 Å². The third-order valence-electron chi connectivity index (χ3n) is 3.14. The van der Waals surface area contributed by atoms with E-state index < -0.39 is 5.97 Å². The highest BCUT2D eigenvalue weighted by Crippen LogP contribution is 2.18. The van der Waals surface area contributed by atoms with Gasteiger partial charge in [-0.2, -0.15) is 0 Å². The van der Waals surface area contributed by atoms with Crippen molar-refractivity contribution < 1.29 is 19.1 Å². The first-order valence-corrected chi connectivity index (χ1v) is 6.80. The number of likely N-dealkylation sites (tertiary alicyclic amines) is 1. The maximum Gasteiger partial charge on any atom is 0.306 e. The first-order valence-electron chi connectivity index (χ1n) is 6.01. The molecule has 0 spiro atoms. The zero-order valence-electron chi connectivity index (χ0n) is 10.2. The Morgan fingerprint density at radius 3 is 2.58 bits per heavy atom. The van der Waals surface area contributed by atoms with E-state index in [0.29, 0.717) is 36.4 Å². The summed E-state index contributed by atoms with van der Waals surface area (Å²) >= 11 is 3.18. The maximum absolute atomic E-state index is 11.9. The smallest absolute Gasteiger partial charge is 0.306 e. The van der Waals surface area contributed by atoms with Gasteiger partial charge in [-0.15, -0.1) is 0 Å². The molecular weight excluding hydrogens is 314 g/mol. The van der Waals surface area contributed by atoms with Crippen LogP contribution in [0.2, 0.25) is 0 Å². The standard InChI is InChI=1S/C13H14BrNO4/c14-11-3-1-10(19-11)2-4-12(16)15-7-5-9(6-8-15)13(17)18/h1-4,9H,5-8H2,(H,17,18)/b4-2+. The molecule has 6 heteroatoms. The van der Waals surface area contributed by atoms with Crippen LogP contribution in [0.15, 0.2) is 27.3 Å². The molecule has 1 N–H and O–H groups in total. The number of amides is 1. The molecular formula is C13H14BrNO4. The summed E-state index contributed by atoms with van der Waals surface area (Å²) in [4.78, 5) is 24.4. The SMILES string of the molecule is O=C(O)C1CCN(C(=O)/C=C/c2ccc(Br)o2)CC1. The Hall–Kier alpha value is -1.56. The van der Waals surface area contributed by atoms with Crippen molar-refractivity contribution in [1.82, 2.24) is 4.90 Å². The molecule has 19 heavy (non-hydrogen) atoms. The van der Waals surface area contributed by atoms with Crippen LogP contribution < -0.4 is 0 Å². The van der Waals surface area contributed by atoms with Gasteiger partial charge in [0.05, 0.1) is 5.92 Å². The summed E-state index contributed by atoms with van der Waals surface area (Å²) in [7, 11) is 0. The fraction of sp³-hybridized carbons (Fsp3) is 0.385. The number of carboxylic acid groups (broad SMARTS) is 1. The fourth-order valence-electron chi connectivity index (χ4n) is 2.02. The number of rotatable bonds is 3. The van der Waals surface area contributed by atoms with Gasteiger partial charge in [0, 0.05) is 19.2 Å². The normalized spacial score (nSPS) is 17.0.